The van der Waals surface area contributed by atoms with Crippen LogP contribution in [-0.2, 0) is 9.84 Å². The van der Waals surface area contributed by atoms with Gasteiger partial charge in [0.05, 0.1) is 24.2 Å². The highest BCUT2D eigenvalue weighted by atomic mass is 32.2. The molecule has 1 saturated heterocycles. The quantitative estimate of drug-likeness (QED) is 0.459. The van der Waals surface area contributed by atoms with Crippen molar-refractivity contribution in [3.05, 3.63) is 64.3 Å². The van der Waals surface area contributed by atoms with Crippen molar-refractivity contribution in [2.24, 2.45) is 0 Å². The van der Waals surface area contributed by atoms with Gasteiger partial charge in [0.25, 0.3) is 5.91 Å². The third-order valence-corrected chi connectivity index (χ3v) is 8.96. The Hall–Kier alpha value is -3.33. The molecule has 0 spiro atoms. The number of nitrogens with zero attached hydrogens (tertiary/aromatic N) is 2. The van der Waals surface area contributed by atoms with E-state index in [0.29, 0.717) is 41.3 Å². The fourth-order valence-corrected chi connectivity index (χ4v) is 6.88. The maximum Gasteiger partial charge on any atom is 0.273 e. The predicted molar refractivity (Wildman–Crippen MR) is 137 cm³/mol. The fourth-order valence-electron chi connectivity index (χ4n) is 5.17. The van der Waals surface area contributed by atoms with E-state index in [1.165, 1.54) is 0 Å². The number of unbranched alkanes of at least 4 members (excludes halogenated alkanes) is 1. The number of ether oxygens (including phenoxy) is 1. The predicted octanol–water partition coefficient (Wildman–Crippen LogP) is 4.31. The number of sulfone groups is 1. The minimum absolute atomic E-state index is 0.0608. The van der Waals surface area contributed by atoms with Gasteiger partial charge < -0.3 is 14.7 Å². The second-order valence-corrected chi connectivity index (χ2v) is 12.0. The van der Waals surface area contributed by atoms with E-state index in [1.807, 2.05) is 44.2 Å². The number of carbonyl (C=O) groups excluding carboxylic acids is 1. The SMILES string of the molecule is CCCCOc1cccc(C2c3c(-c4cc(C)c(C)cc4O)n[nH]c3C(=O)N2C2CCS(=O)(=O)C2)c1. The highest BCUT2D eigenvalue weighted by Gasteiger charge is 2.48. The van der Waals surface area contributed by atoms with Crippen LogP contribution < -0.4 is 4.74 Å². The highest BCUT2D eigenvalue weighted by molar-refractivity contribution is 7.91. The molecule has 0 radical (unpaired) electrons. The van der Waals surface area contributed by atoms with Gasteiger partial charge in [-0.15, -0.1) is 0 Å². The molecule has 1 amide bonds. The standard InChI is InChI=1S/C27H31N3O5S/c1-4-5-10-35-20-8-6-7-18(14-20)26-23-24(21-12-16(2)17(3)13-22(21)31)28-29-25(23)27(32)30(26)19-9-11-36(33,34)15-19/h6-8,12-14,19,26,31H,4-5,9-11,15H2,1-3H3,(H,28,29). The van der Waals surface area contributed by atoms with E-state index in [-0.39, 0.29) is 23.2 Å². The van der Waals surface area contributed by atoms with Crippen LogP contribution in [0.1, 0.15) is 65.0 Å². The largest absolute Gasteiger partial charge is 0.507 e. The first kappa shape index (κ1) is 24.4. The van der Waals surface area contributed by atoms with Gasteiger partial charge in [0.15, 0.2) is 9.84 Å². The number of H-pyrrole nitrogens is 1. The molecule has 2 aliphatic heterocycles. The Morgan fingerprint density at radius 2 is 1.97 bits per heavy atom. The molecule has 0 saturated carbocycles. The van der Waals surface area contributed by atoms with E-state index in [0.717, 1.165) is 29.5 Å². The van der Waals surface area contributed by atoms with E-state index in [4.69, 9.17) is 4.74 Å². The van der Waals surface area contributed by atoms with Crippen LogP contribution in [0, 0.1) is 13.8 Å². The van der Waals surface area contributed by atoms with Gasteiger partial charge in [-0.25, -0.2) is 8.42 Å². The summed E-state index contributed by atoms with van der Waals surface area (Å²) in [6.45, 7) is 6.57. The van der Waals surface area contributed by atoms with Crippen molar-refractivity contribution in [1.82, 2.24) is 15.1 Å². The Morgan fingerprint density at radius 3 is 2.69 bits per heavy atom. The van der Waals surface area contributed by atoms with Crippen molar-refractivity contribution in [2.45, 2.75) is 52.1 Å². The van der Waals surface area contributed by atoms with Crippen molar-refractivity contribution in [3.8, 4) is 22.8 Å². The summed E-state index contributed by atoms with van der Waals surface area (Å²) < 4.78 is 30.6. The summed E-state index contributed by atoms with van der Waals surface area (Å²) in [5.74, 6) is 0.489. The molecular formula is C27H31N3O5S. The van der Waals surface area contributed by atoms with E-state index < -0.39 is 21.9 Å². The average molecular weight is 510 g/mol. The van der Waals surface area contributed by atoms with Gasteiger partial charge in [-0.3, -0.25) is 9.89 Å². The molecular weight excluding hydrogens is 478 g/mol. The minimum Gasteiger partial charge on any atom is -0.507 e. The summed E-state index contributed by atoms with van der Waals surface area (Å²) >= 11 is 0. The molecule has 36 heavy (non-hydrogen) atoms. The number of hydrogen-bond donors (Lipinski definition) is 2. The van der Waals surface area contributed by atoms with Crippen LogP contribution in [0.15, 0.2) is 36.4 Å². The average Bonchev–Trinajstić information content (AvgIpc) is 3.50. The number of carbonyl (C=O) groups is 1. The van der Waals surface area contributed by atoms with Crippen molar-refractivity contribution < 1.29 is 23.1 Å². The van der Waals surface area contributed by atoms with Crippen LogP contribution in [0.4, 0.5) is 0 Å². The molecule has 3 aromatic rings. The summed E-state index contributed by atoms with van der Waals surface area (Å²) in [5.41, 5.74) is 4.75. The van der Waals surface area contributed by atoms with E-state index in [1.54, 1.807) is 11.0 Å². The topological polar surface area (TPSA) is 113 Å². The van der Waals surface area contributed by atoms with Crippen LogP contribution in [0.5, 0.6) is 11.5 Å². The highest BCUT2D eigenvalue weighted by Crippen LogP contribution is 2.47. The fraction of sp³-hybridized carbons (Fsp3) is 0.407. The summed E-state index contributed by atoms with van der Waals surface area (Å²) in [6.07, 6.45) is 2.33. The van der Waals surface area contributed by atoms with E-state index >= 15 is 0 Å². The molecule has 9 heteroatoms. The van der Waals surface area contributed by atoms with Crippen LogP contribution in [0.2, 0.25) is 0 Å². The molecule has 0 aliphatic carbocycles. The Bertz CT molecular complexity index is 1430. The van der Waals surface area contributed by atoms with Crippen LogP contribution in [0.25, 0.3) is 11.3 Å². The lowest BCUT2D eigenvalue weighted by molar-refractivity contribution is 0.0677. The van der Waals surface area contributed by atoms with Crippen molar-refractivity contribution in [1.29, 1.82) is 0 Å². The molecule has 1 fully saturated rings. The maximum absolute atomic E-state index is 13.7. The van der Waals surface area contributed by atoms with Crippen molar-refractivity contribution in [3.63, 3.8) is 0 Å². The summed E-state index contributed by atoms with van der Waals surface area (Å²) in [7, 11) is -3.22. The number of hydrogen-bond acceptors (Lipinski definition) is 6. The van der Waals surface area contributed by atoms with Gasteiger partial charge in [0.1, 0.15) is 22.9 Å². The number of aromatic amines is 1. The molecule has 1 aromatic heterocycles. The van der Waals surface area contributed by atoms with Crippen LogP contribution in [-0.4, -0.2) is 58.7 Å². The molecule has 2 aliphatic rings. The number of rotatable bonds is 7. The zero-order valence-corrected chi connectivity index (χ0v) is 21.6. The summed E-state index contributed by atoms with van der Waals surface area (Å²) in [6, 6.07) is 10.2. The number of phenolic OH excluding ortho intramolecular Hbond substituents is 1. The number of nitrogens with one attached hydrogen (secondary N) is 1. The molecule has 3 heterocycles. The molecule has 2 N–H and O–H groups in total. The normalized spacial score (nSPS) is 20.6. The second-order valence-electron chi connectivity index (χ2n) is 9.76. The summed E-state index contributed by atoms with van der Waals surface area (Å²) in [4.78, 5) is 15.4. The lowest BCUT2D eigenvalue weighted by Gasteiger charge is -2.31. The molecule has 8 nitrogen and oxygen atoms in total. The Balaban J connectivity index is 1.65. The van der Waals surface area contributed by atoms with Crippen molar-refractivity contribution in [2.75, 3.05) is 18.1 Å². The smallest absolute Gasteiger partial charge is 0.273 e. The molecule has 190 valence electrons. The Labute approximate surface area is 211 Å². The van der Waals surface area contributed by atoms with Gasteiger partial charge in [-0.05, 0) is 67.6 Å². The second kappa shape index (κ2) is 9.28. The molecule has 0 bridgehead atoms. The van der Waals surface area contributed by atoms with Gasteiger partial charge in [-0.2, -0.15) is 5.10 Å². The number of phenols is 1. The molecule has 2 unspecified atom stereocenters. The minimum atomic E-state index is -3.22. The first-order chi connectivity index (χ1) is 17.2. The maximum atomic E-state index is 13.7. The van der Waals surface area contributed by atoms with E-state index in [9.17, 15) is 18.3 Å². The number of aromatic hydroxyl groups is 1. The Kier molecular flexibility index (Phi) is 6.28. The number of fused-ring (bicyclic) bond motifs is 1. The number of benzene rings is 2. The first-order valence-corrected chi connectivity index (χ1v) is 14.2. The van der Waals surface area contributed by atoms with Crippen molar-refractivity contribution >= 4 is 15.7 Å². The number of aromatic nitrogens is 2. The zero-order chi connectivity index (χ0) is 25.6. The van der Waals surface area contributed by atoms with Gasteiger partial charge in [0, 0.05) is 17.2 Å². The molecule has 5 rings (SSSR count). The van der Waals surface area contributed by atoms with Gasteiger partial charge in [0.2, 0.25) is 0 Å². The lowest BCUT2D eigenvalue weighted by Crippen LogP contribution is -2.40. The first-order valence-electron chi connectivity index (χ1n) is 12.3. The third kappa shape index (κ3) is 4.25. The van der Waals surface area contributed by atoms with Crippen LogP contribution >= 0.6 is 0 Å². The Morgan fingerprint density at radius 1 is 1.19 bits per heavy atom. The van der Waals surface area contributed by atoms with Crippen LogP contribution in [0.3, 0.4) is 0 Å². The molecule has 2 atom stereocenters. The third-order valence-electron chi connectivity index (χ3n) is 7.21. The van der Waals surface area contributed by atoms with Gasteiger partial charge in [-0.1, -0.05) is 25.5 Å². The molecule has 2 aromatic carbocycles. The van der Waals surface area contributed by atoms with E-state index in [2.05, 4.69) is 17.1 Å². The lowest BCUT2D eigenvalue weighted by atomic mass is 9.93. The van der Waals surface area contributed by atoms with Gasteiger partial charge >= 0.3 is 0 Å². The number of aryl methyl sites for hydroxylation is 2. The zero-order valence-electron chi connectivity index (χ0n) is 20.7. The number of amides is 1. The summed E-state index contributed by atoms with van der Waals surface area (Å²) in [5, 5.41) is 18.2. The monoisotopic (exact) mass is 509 g/mol.